The molecule has 4 amide bonds. The van der Waals surface area contributed by atoms with E-state index in [1.807, 2.05) is 27.7 Å². The highest BCUT2D eigenvalue weighted by Gasteiger charge is 2.37. The molecule has 2 aliphatic heterocycles. The quantitative estimate of drug-likeness (QED) is 0.213. The summed E-state index contributed by atoms with van der Waals surface area (Å²) in [7, 11) is -1.51. The Morgan fingerprint density at radius 3 is 1.71 bits per heavy atom. The zero-order valence-corrected chi connectivity index (χ0v) is 24.4. The molecule has 4 rings (SSSR count). The van der Waals surface area contributed by atoms with Crippen molar-refractivity contribution in [1.82, 2.24) is 14.5 Å². The van der Waals surface area contributed by atoms with Crippen LogP contribution in [0.2, 0.25) is 0 Å². The van der Waals surface area contributed by atoms with Gasteiger partial charge >= 0.3 is 0 Å². The molecule has 0 radical (unpaired) electrons. The molecular weight excluding hydrogens is 547 g/mol. The topological polar surface area (TPSA) is 140 Å². The lowest BCUT2D eigenvalue weighted by Gasteiger charge is -2.35. The molecule has 2 aliphatic rings. The fraction of sp³-hybridized carbons (Fsp3) is 0.414. The van der Waals surface area contributed by atoms with Crippen molar-refractivity contribution >= 4 is 32.2 Å². The molecule has 0 saturated carbocycles. The van der Waals surface area contributed by atoms with Gasteiger partial charge in [-0.05, 0) is 63.1 Å². The summed E-state index contributed by atoms with van der Waals surface area (Å²) in [6.07, 6.45) is 0.225. The smallest absolute Gasteiger partial charge is 0.261 e. The molecule has 1 N–H and O–H groups in total. The first-order chi connectivity index (χ1) is 19.6. The molecule has 11 nitrogen and oxygen atoms in total. The zero-order chi connectivity index (χ0) is 29.8. The van der Waals surface area contributed by atoms with E-state index in [9.17, 15) is 24.3 Å². The number of imide groups is 2. The molecule has 1 atom stereocenters. The zero-order valence-electron chi connectivity index (χ0n) is 23.5. The summed E-state index contributed by atoms with van der Waals surface area (Å²) in [6, 6.07) is 12.0. The largest absolute Gasteiger partial charge is 0.395 e. The summed E-state index contributed by atoms with van der Waals surface area (Å²) in [4.78, 5) is 53.7. The predicted molar refractivity (Wildman–Crippen MR) is 151 cm³/mol. The third-order valence-electron chi connectivity index (χ3n) is 6.78. The normalized spacial score (nSPS) is 15.4. The average molecular weight is 581 g/mol. The molecule has 0 fully saturated rings. The highest BCUT2D eigenvalue weighted by atomic mass is 31.2. The lowest BCUT2D eigenvalue weighted by atomic mass is 9.97. The Kier molecular flexibility index (Phi) is 9.64. The Morgan fingerprint density at radius 1 is 0.780 bits per heavy atom. The van der Waals surface area contributed by atoms with Crippen LogP contribution in [0.4, 0.5) is 0 Å². The fourth-order valence-corrected chi connectivity index (χ4v) is 6.55. The third-order valence-corrected chi connectivity index (χ3v) is 8.89. The van der Waals surface area contributed by atoms with Gasteiger partial charge in [0.15, 0.2) is 0 Å². The van der Waals surface area contributed by atoms with Crippen LogP contribution >= 0.6 is 8.53 Å². The molecule has 0 bridgehead atoms. The van der Waals surface area contributed by atoms with Crippen LogP contribution in [0.15, 0.2) is 36.4 Å². The van der Waals surface area contributed by atoms with Crippen molar-refractivity contribution < 1.29 is 33.3 Å². The summed E-state index contributed by atoms with van der Waals surface area (Å²) in [5.41, 5.74) is 2.24. The molecule has 2 aromatic carbocycles. The van der Waals surface area contributed by atoms with Gasteiger partial charge in [-0.25, -0.2) is 4.67 Å². The summed E-state index contributed by atoms with van der Waals surface area (Å²) in [5.74, 6) is -1.81. The van der Waals surface area contributed by atoms with Crippen LogP contribution in [0.25, 0.3) is 11.1 Å². The summed E-state index contributed by atoms with van der Waals surface area (Å²) in [5, 5.41) is 18.1. The first-order valence-electron chi connectivity index (χ1n) is 13.4. The highest BCUT2D eigenvalue weighted by molar-refractivity contribution is 7.44. The molecule has 0 spiro atoms. The molecule has 0 aromatic heterocycles. The van der Waals surface area contributed by atoms with E-state index < -0.39 is 32.2 Å². The third kappa shape index (κ3) is 6.08. The van der Waals surface area contributed by atoms with Crippen LogP contribution < -0.4 is 0 Å². The second-order valence-electron chi connectivity index (χ2n) is 10.1. The molecule has 216 valence electrons. The van der Waals surface area contributed by atoms with Gasteiger partial charge in [0, 0.05) is 12.1 Å². The summed E-state index contributed by atoms with van der Waals surface area (Å²) in [6.45, 7) is 7.99. The predicted octanol–water partition coefficient (Wildman–Crippen LogP) is 3.83. The van der Waals surface area contributed by atoms with Crippen molar-refractivity contribution in [3.05, 3.63) is 58.7 Å². The van der Waals surface area contributed by atoms with Crippen molar-refractivity contribution in [2.24, 2.45) is 0 Å². The number of fused-ring (bicyclic) bond motifs is 2. The highest BCUT2D eigenvalue weighted by Crippen LogP contribution is 2.46. The van der Waals surface area contributed by atoms with Gasteiger partial charge in [-0.15, -0.1) is 0 Å². The van der Waals surface area contributed by atoms with Crippen molar-refractivity contribution in [2.75, 3.05) is 32.9 Å². The van der Waals surface area contributed by atoms with Gasteiger partial charge in [0.2, 0.25) is 0 Å². The van der Waals surface area contributed by atoms with Gasteiger partial charge in [0.1, 0.15) is 0 Å². The first kappa shape index (κ1) is 30.4. The number of nitriles is 1. The van der Waals surface area contributed by atoms with Crippen LogP contribution in [0.5, 0.6) is 0 Å². The molecule has 2 heterocycles. The van der Waals surface area contributed by atoms with E-state index in [1.165, 1.54) is 0 Å². The van der Waals surface area contributed by atoms with Crippen LogP contribution in [0.1, 0.15) is 75.5 Å². The number of carbonyl (C=O) groups excluding carboxylic acids is 4. The number of β-amino-alcohol motifs (C(OH)–C–C–N with tert-alkyl or cyclic N) is 1. The van der Waals surface area contributed by atoms with E-state index in [4.69, 9.17) is 14.3 Å². The van der Waals surface area contributed by atoms with Crippen LogP contribution in [-0.4, -0.2) is 88.2 Å². The molecule has 0 aliphatic carbocycles. The van der Waals surface area contributed by atoms with E-state index in [1.54, 1.807) is 36.4 Å². The molecular formula is C29H33N4O7P. The van der Waals surface area contributed by atoms with E-state index >= 15 is 0 Å². The number of carbonyl (C=O) groups is 4. The number of hydrogen-bond donors (Lipinski definition) is 1. The summed E-state index contributed by atoms with van der Waals surface area (Å²) >= 11 is 0. The van der Waals surface area contributed by atoms with E-state index in [2.05, 4.69) is 10.7 Å². The fourth-order valence-electron chi connectivity index (χ4n) is 4.97. The van der Waals surface area contributed by atoms with Gasteiger partial charge in [0.25, 0.3) is 32.2 Å². The molecule has 12 heteroatoms. The number of nitrogens with zero attached hydrogens (tertiary/aromatic N) is 4. The van der Waals surface area contributed by atoms with E-state index in [0.717, 1.165) is 9.80 Å². The first-order valence-corrected chi connectivity index (χ1v) is 14.6. The minimum absolute atomic E-state index is 0.0301. The second kappa shape index (κ2) is 13.0. The van der Waals surface area contributed by atoms with Crippen LogP contribution in [0, 0.1) is 11.3 Å². The van der Waals surface area contributed by atoms with Gasteiger partial charge in [0.05, 0.1) is 67.7 Å². The van der Waals surface area contributed by atoms with Gasteiger partial charge in [-0.1, -0.05) is 12.1 Å². The number of aliphatic hydroxyl groups is 1. The standard InChI is InChI=1S/C29H33N4O7P/c1-18(2)33(19(3)4)41(39-14-5-10-30)40-15-12-32-27(36)23-9-7-21(17-25(23)29(32)38)20-6-8-22-24(16-20)28(37)31(11-13-34)26(22)35/h6-9,16-19,34H,5,11-15H2,1-4H3. The number of benzene rings is 2. The van der Waals surface area contributed by atoms with Crippen molar-refractivity contribution in [3.63, 3.8) is 0 Å². The molecule has 41 heavy (non-hydrogen) atoms. The lowest BCUT2D eigenvalue weighted by molar-refractivity contribution is 0.0610. The van der Waals surface area contributed by atoms with Crippen LogP contribution in [0.3, 0.4) is 0 Å². The Labute approximate surface area is 240 Å². The molecule has 2 aromatic rings. The monoisotopic (exact) mass is 580 g/mol. The summed E-state index contributed by atoms with van der Waals surface area (Å²) < 4.78 is 14.0. The number of aliphatic hydroxyl groups excluding tert-OH is 1. The Morgan fingerprint density at radius 2 is 1.24 bits per heavy atom. The van der Waals surface area contributed by atoms with Gasteiger partial charge < -0.3 is 14.2 Å². The van der Waals surface area contributed by atoms with Crippen molar-refractivity contribution in [2.45, 2.75) is 46.2 Å². The Balaban J connectivity index is 1.48. The van der Waals surface area contributed by atoms with Crippen molar-refractivity contribution in [1.29, 1.82) is 5.26 Å². The van der Waals surface area contributed by atoms with E-state index in [-0.39, 0.29) is 73.7 Å². The average Bonchev–Trinajstić information content (AvgIpc) is 3.32. The lowest BCUT2D eigenvalue weighted by Crippen LogP contribution is -2.36. The SMILES string of the molecule is CC(C)N(C(C)C)P(OCCC#N)OCCN1C(=O)c2ccc(-c3ccc4c(c3)C(=O)N(CCO)C4=O)cc2C1=O. The maximum absolute atomic E-state index is 13.3. The minimum atomic E-state index is -1.51. The minimum Gasteiger partial charge on any atom is -0.395 e. The maximum Gasteiger partial charge on any atom is 0.261 e. The number of amides is 4. The second-order valence-corrected chi connectivity index (χ2v) is 11.6. The molecule has 0 saturated heterocycles. The maximum atomic E-state index is 13.3. The Hall–Kier alpha value is -3.52. The van der Waals surface area contributed by atoms with Crippen molar-refractivity contribution in [3.8, 4) is 17.2 Å². The van der Waals surface area contributed by atoms with Gasteiger partial charge in [-0.3, -0.25) is 29.0 Å². The molecule has 1 unspecified atom stereocenters. The number of rotatable bonds is 13. The van der Waals surface area contributed by atoms with Gasteiger partial charge in [-0.2, -0.15) is 5.26 Å². The number of hydrogen-bond acceptors (Lipinski definition) is 9. The van der Waals surface area contributed by atoms with Crippen LogP contribution in [-0.2, 0) is 9.05 Å². The van der Waals surface area contributed by atoms with E-state index in [0.29, 0.717) is 11.1 Å². The Bertz CT molecular complexity index is 1400.